The number of nitrogens with two attached hydrogens (primary N) is 1. The lowest BCUT2D eigenvalue weighted by Gasteiger charge is -2.04. The van der Waals surface area contributed by atoms with E-state index in [2.05, 4.69) is 5.32 Å². The van der Waals surface area contributed by atoms with Gasteiger partial charge in [0, 0.05) is 11.8 Å². The molecule has 1 amide bonds. The van der Waals surface area contributed by atoms with Crippen molar-refractivity contribution >= 4 is 27.7 Å². The van der Waals surface area contributed by atoms with E-state index in [1.807, 2.05) is 31.2 Å². The molecule has 5 nitrogen and oxygen atoms in total. The predicted molar refractivity (Wildman–Crippen MR) is 92.1 cm³/mol. The quantitative estimate of drug-likeness (QED) is 0.825. The molecule has 0 bridgehead atoms. The third kappa shape index (κ3) is 6.06. The van der Waals surface area contributed by atoms with Gasteiger partial charge in [-0.15, -0.1) is 0 Å². The molecule has 0 aliphatic rings. The van der Waals surface area contributed by atoms with E-state index in [0.29, 0.717) is 11.3 Å². The van der Waals surface area contributed by atoms with Gasteiger partial charge in [-0.3, -0.25) is 4.79 Å². The van der Waals surface area contributed by atoms with Crippen molar-refractivity contribution in [3.63, 3.8) is 0 Å². The van der Waals surface area contributed by atoms with E-state index < -0.39 is 10.0 Å². The fraction of sp³-hybridized carbons (Fsp3) is 0.118. The SMILES string of the molecule is Cc1cccc(/C=C/C(=O)Nc2ccc(CS(N)(=O)=O)cc2)c1. The smallest absolute Gasteiger partial charge is 0.248 e. The highest BCUT2D eigenvalue weighted by molar-refractivity contribution is 7.88. The van der Waals surface area contributed by atoms with Gasteiger partial charge < -0.3 is 5.32 Å². The van der Waals surface area contributed by atoms with Crippen LogP contribution in [0.1, 0.15) is 16.7 Å². The van der Waals surface area contributed by atoms with Gasteiger partial charge in [0.15, 0.2) is 0 Å². The third-order valence-corrected chi connectivity index (χ3v) is 3.79. The molecule has 23 heavy (non-hydrogen) atoms. The second-order valence-corrected chi connectivity index (χ2v) is 6.86. The standard InChI is InChI=1S/C17H18N2O3S/c1-13-3-2-4-14(11-13)7-10-17(20)19-16-8-5-15(6-9-16)12-23(18,21)22/h2-11H,12H2,1H3,(H,19,20)(H2,18,21,22)/b10-7+. The summed E-state index contributed by atoms with van der Waals surface area (Å²) >= 11 is 0. The van der Waals surface area contributed by atoms with Crippen molar-refractivity contribution in [1.82, 2.24) is 0 Å². The maximum Gasteiger partial charge on any atom is 0.248 e. The number of carbonyl (C=O) groups is 1. The predicted octanol–water partition coefficient (Wildman–Crippen LogP) is 2.44. The Balaban J connectivity index is 1.97. The largest absolute Gasteiger partial charge is 0.323 e. The normalized spacial score (nSPS) is 11.6. The lowest BCUT2D eigenvalue weighted by Crippen LogP contribution is -2.14. The molecule has 0 saturated heterocycles. The van der Waals surface area contributed by atoms with Crippen molar-refractivity contribution < 1.29 is 13.2 Å². The van der Waals surface area contributed by atoms with Crippen LogP contribution in [0.3, 0.4) is 0 Å². The van der Waals surface area contributed by atoms with Crippen molar-refractivity contribution in [2.75, 3.05) is 5.32 Å². The molecule has 0 spiro atoms. The Labute approximate surface area is 135 Å². The first kappa shape index (κ1) is 16.9. The zero-order valence-corrected chi connectivity index (χ0v) is 13.5. The number of benzene rings is 2. The topological polar surface area (TPSA) is 89.3 Å². The van der Waals surface area contributed by atoms with E-state index in [4.69, 9.17) is 5.14 Å². The number of aryl methyl sites for hydroxylation is 1. The van der Waals surface area contributed by atoms with Crippen LogP contribution in [0.15, 0.2) is 54.6 Å². The van der Waals surface area contributed by atoms with Crippen LogP contribution in [0.4, 0.5) is 5.69 Å². The first-order chi connectivity index (χ1) is 10.8. The number of hydrogen-bond donors (Lipinski definition) is 2. The highest BCUT2D eigenvalue weighted by atomic mass is 32.2. The maximum absolute atomic E-state index is 11.9. The molecule has 2 rings (SSSR count). The molecule has 0 unspecified atom stereocenters. The highest BCUT2D eigenvalue weighted by Gasteiger charge is 2.05. The van der Waals surface area contributed by atoms with Crippen molar-refractivity contribution in [1.29, 1.82) is 0 Å². The maximum atomic E-state index is 11.9. The molecule has 0 aromatic heterocycles. The molecule has 0 radical (unpaired) electrons. The number of rotatable bonds is 5. The Morgan fingerprint density at radius 3 is 2.48 bits per heavy atom. The second kappa shape index (κ2) is 7.21. The third-order valence-electron chi connectivity index (χ3n) is 3.06. The van der Waals surface area contributed by atoms with Gasteiger partial charge in [0.2, 0.25) is 15.9 Å². The molecular weight excluding hydrogens is 312 g/mol. The molecule has 6 heteroatoms. The number of carbonyl (C=O) groups excluding carboxylic acids is 1. The van der Waals surface area contributed by atoms with Crippen LogP contribution in [0.2, 0.25) is 0 Å². The van der Waals surface area contributed by atoms with E-state index >= 15 is 0 Å². The van der Waals surface area contributed by atoms with Crippen LogP contribution in [0.5, 0.6) is 0 Å². The van der Waals surface area contributed by atoms with Crippen molar-refractivity contribution in [2.45, 2.75) is 12.7 Å². The number of primary sulfonamides is 1. The number of nitrogens with one attached hydrogen (secondary N) is 1. The number of sulfonamides is 1. The summed E-state index contributed by atoms with van der Waals surface area (Å²) in [6.07, 6.45) is 3.19. The van der Waals surface area contributed by atoms with Crippen molar-refractivity contribution in [2.24, 2.45) is 5.14 Å². The molecule has 120 valence electrons. The van der Waals surface area contributed by atoms with E-state index in [1.54, 1.807) is 30.3 Å². The van der Waals surface area contributed by atoms with Gasteiger partial charge >= 0.3 is 0 Å². The van der Waals surface area contributed by atoms with Gasteiger partial charge in [0.05, 0.1) is 5.75 Å². The zero-order chi connectivity index (χ0) is 16.9. The van der Waals surface area contributed by atoms with Crippen molar-refractivity contribution in [3.05, 3.63) is 71.3 Å². The van der Waals surface area contributed by atoms with E-state index in [1.165, 1.54) is 6.08 Å². The van der Waals surface area contributed by atoms with Crippen LogP contribution in [0.25, 0.3) is 6.08 Å². The van der Waals surface area contributed by atoms with Crippen LogP contribution < -0.4 is 10.5 Å². The Bertz CT molecular complexity index is 825. The molecular formula is C17H18N2O3S. The molecule has 0 atom stereocenters. The number of hydrogen-bond acceptors (Lipinski definition) is 3. The molecule has 2 aromatic carbocycles. The molecule has 0 saturated carbocycles. The van der Waals surface area contributed by atoms with E-state index in [9.17, 15) is 13.2 Å². The van der Waals surface area contributed by atoms with E-state index in [0.717, 1.165) is 11.1 Å². The Kier molecular flexibility index (Phi) is 5.31. The summed E-state index contributed by atoms with van der Waals surface area (Å²) in [5.74, 6) is -0.486. The fourth-order valence-corrected chi connectivity index (χ4v) is 2.70. The molecule has 0 aliphatic carbocycles. The van der Waals surface area contributed by atoms with Gasteiger partial charge in [-0.2, -0.15) is 0 Å². The van der Waals surface area contributed by atoms with Crippen LogP contribution in [0, 0.1) is 6.92 Å². The van der Waals surface area contributed by atoms with Gasteiger partial charge in [-0.05, 0) is 36.3 Å². The highest BCUT2D eigenvalue weighted by Crippen LogP contribution is 2.12. The minimum absolute atomic E-state index is 0.228. The first-order valence-corrected chi connectivity index (χ1v) is 8.68. The monoisotopic (exact) mass is 330 g/mol. The molecule has 3 N–H and O–H groups in total. The van der Waals surface area contributed by atoms with E-state index in [-0.39, 0.29) is 11.7 Å². The Hall–Kier alpha value is -2.44. The zero-order valence-electron chi connectivity index (χ0n) is 12.7. The average Bonchev–Trinajstić information content (AvgIpc) is 2.46. The summed E-state index contributed by atoms with van der Waals surface area (Å²) < 4.78 is 22.0. The number of anilines is 1. The van der Waals surface area contributed by atoms with Crippen LogP contribution in [-0.4, -0.2) is 14.3 Å². The summed E-state index contributed by atoms with van der Waals surface area (Å²) in [6.45, 7) is 1.99. The van der Waals surface area contributed by atoms with Gasteiger partial charge in [-0.1, -0.05) is 42.0 Å². The number of amides is 1. The summed E-state index contributed by atoms with van der Waals surface area (Å²) in [4.78, 5) is 11.9. The van der Waals surface area contributed by atoms with Gasteiger partial charge in [-0.25, -0.2) is 13.6 Å². The minimum atomic E-state index is -3.55. The van der Waals surface area contributed by atoms with Crippen molar-refractivity contribution in [3.8, 4) is 0 Å². The van der Waals surface area contributed by atoms with Gasteiger partial charge in [0.25, 0.3) is 0 Å². The summed E-state index contributed by atoms with van der Waals surface area (Å²) in [5.41, 5.74) is 3.23. The Morgan fingerprint density at radius 1 is 1.17 bits per heavy atom. The lowest BCUT2D eigenvalue weighted by molar-refractivity contribution is -0.111. The second-order valence-electron chi connectivity index (χ2n) is 5.24. The van der Waals surface area contributed by atoms with Gasteiger partial charge in [0.1, 0.15) is 0 Å². The molecule has 0 heterocycles. The first-order valence-electron chi connectivity index (χ1n) is 6.97. The molecule has 2 aromatic rings. The van der Waals surface area contributed by atoms with Crippen LogP contribution in [-0.2, 0) is 20.6 Å². The minimum Gasteiger partial charge on any atom is -0.323 e. The summed E-state index contributed by atoms with van der Waals surface area (Å²) in [7, 11) is -3.55. The molecule has 0 aliphatic heterocycles. The summed E-state index contributed by atoms with van der Waals surface area (Å²) in [6, 6.07) is 14.3. The summed E-state index contributed by atoms with van der Waals surface area (Å²) in [5, 5.41) is 7.70. The lowest BCUT2D eigenvalue weighted by atomic mass is 10.1. The fourth-order valence-electron chi connectivity index (χ4n) is 2.05. The molecule has 0 fully saturated rings. The average molecular weight is 330 g/mol. The Morgan fingerprint density at radius 2 is 1.87 bits per heavy atom. The van der Waals surface area contributed by atoms with Crippen LogP contribution >= 0.6 is 0 Å².